The van der Waals surface area contributed by atoms with E-state index in [2.05, 4.69) is 0 Å². The van der Waals surface area contributed by atoms with Crippen molar-refractivity contribution in [3.8, 4) is 6.07 Å². The summed E-state index contributed by atoms with van der Waals surface area (Å²) in [5.74, 6) is -0.280. The molecule has 5 heteroatoms. The number of nitriles is 1. The first-order valence-electron chi connectivity index (χ1n) is 4.48. The van der Waals surface area contributed by atoms with Crippen LogP contribution in [0.15, 0.2) is 0 Å². The highest BCUT2D eigenvalue weighted by Gasteiger charge is 2.33. The zero-order valence-corrected chi connectivity index (χ0v) is 10.2. The number of hydrogen-bond donors (Lipinski definition) is 0. The molecule has 0 spiro atoms. The summed E-state index contributed by atoms with van der Waals surface area (Å²) >= 11 is 0. The van der Waals surface area contributed by atoms with Crippen molar-refractivity contribution in [1.29, 1.82) is 5.26 Å². The van der Waals surface area contributed by atoms with Gasteiger partial charge in [0.25, 0.3) is 0 Å². The predicted octanol–water partition coefficient (Wildman–Crippen LogP) is 1.21. The Hall–Kier alpha value is -0.600. The topological polar surface area (TPSA) is 61.2 Å². The molecule has 1 atom stereocenters. The van der Waals surface area contributed by atoms with Crippen molar-refractivity contribution in [3.63, 3.8) is 0 Å². The van der Waals surface area contributed by atoms with Crippen molar-refractivity contribution in [1.82, 2.24) is 4.31 Å². The van der Waals surface area contributed by atoms with Gasteiger partial charge in [-0.1, -0.05) is 0 Å². The van der Waals surface area contributed by atoms with Crippen molar-refractivity contribution in [3.05, 3.63) is 0 Å². The van der Waals surface area contributed by atoms with Gasteiger partial charge in [-0.15, -0.1) is 0 Å². The first-order chi connectivity index (χ1) is 6.13. The van der Waals surface area contributed by atoms with Crippen molar-refractivity contribution in [2.45, 2.75) is 32.4 Å². The second-order valence-electron chi connectivity index (χ2n) is 4.43. The summed E-state index contributed by atoms with van der Waals surface area (Å²) in [6, 6.07) is 2.01. The zero-order valence-electron chi connectivity index (χ0n) is 9.40. The summed E-state index contributed by atoms with van der Waals surface area (Å²) in [4.78, 5) is 0. The van der Waals surface area contributed by atoms with Gasteiger partial charge in [0.05, 0.1) is 16.7 Å². The number of sulfonamides is 1. The van der Waals surface area contributed by atoms with E-state index in [9.17, 15) is 8.42 Å². The van der Waals surface area contributed by atoms with Crippen molar-refractivity contribution in [2.24, 2.45) is 5.92 Å². The van der Waals surface area contributed by atoms with E-state index in [0.717, 1.165) is 0 Å². The lowest BCUT2D eigenvalue weighted by molar-refractivity contribution is 0.420. The number of hydrogen-bond acceptors (Lipinski definition) is 3. The van der Waals surface area contributed by atoms with E-state index in [0.29, 0.717) is 0 Å². The lowest BCUT2D eigenvalue weighted by Crippen LogP contribution is -2.42. The van der Waals surface area contributed by atoms with E-state index >= 15 is 0 Å². The molecule has 4 nitrogen and oxygen atoms in total. The minimum Gasteiger partial charge on any atom is -0.212 e. The third kappa shape index (κ3) is 2.96. The highest BCUT2D eigenvalue weighted by molar-refractivity contribution is 7.90. The summed E-state index contributed by atoms with van der Waals surface area (Å²) in [5, 5.41) is 8.58. The fourth-order valence-corrected chi connectivity index (χ4v) is 2.35. The molecule has 0 saturated carbocycles. The van der Waals surface area contributed by atoms with Gasteiger partial charge in [0.15, 0.2) is 0 Å². The van der Waals surface area contributed by atoms with Crippen molar-refractivity contribution >= 4 is 10.0 Å². The molecule has 0 heterocycles. The highest BCUT2D eigenvalue weighted by atomic mass is 32.2. The molecule has 0 aromatic heterocycles. The Kier molecular flexibility index (Phi) is 4.10. The van der Waals surface area contributed by atoms with Crippen LogP contribution >= 0.6 is 0 Å². The molecule has 0 N–H and O–H groups in total. The molecule has 0 amide bonds. The van der Waals surface area contributed by atoms with Gasteiger partial charge >= 0.3 is 0 Å². The Morgan fingerprint density at radius 3 is 2.14 bits per heavy atom. The first-order valence-corrected chi connectivity index (χ1v) is 5.92. The van der Waals surface area contributed by atoms with Crippen LogP contribution in [0.25, 0.3) is 0 Å². The average molecular weight is 218 g/mol. The summed E-state index contributed by atoms with van der Waals surface area (Å²) in [7, 11) is -1.79. The van der Waals surface area contributed by atoms with Crippen LogP contribution in [0.4, 0.5) is 0 Å². The summed E-state index contributed by atoms with van der Waals surface area (Å²) < 4.78 is 24.1. The van der Waals surface area contributed by atoms with E-state index in [4.69, 9.17) is 5.26 Å². The van der Waals surface area contributed by atoms with Crippen LogP contribution in [0.3, 0.4) is 0 Å². The molecule has 14 heavy (non-hydrogen) atoms. The lowest BCUT2D eigenvalue weighted by atomic mass is 10.2. The molecule has 0 radical (unpaired) electrons. The van der Waals surface area contributed by atoms with E-state index in [1.807, 2.05) is 6.07 Å². The van der Waals surface area contributed by atoms with Crippen LogP contribution in [0.1, 0.15) is 27.7 Å². The Bertz CT molecular complexity index is 322. The van der Waals surface area contributed by atoms with Gasteiger partial charge in [-0.3, -0.25) is 0 Å². The Morgan fingerprint density at radius 2 is 1.86 bits per heavy atom. The maximum atomic E-state index is 11.8. The molecule has 0 fully saturated rings. The molecule has 0 bridgehead atoms. The molecule has 0 aromatic rings. The third-order valence-electron chi connectivity index (χ3n) is 1.94. The van der Waals surface area contributed by atoms with Gasteiger partial charge in [-0.2, -0.15) is 5.26 Å². The summed E-state index contributed by atoms with van der Waals surface area (Å²) in [6.07, 6.45) is 0. The largest absolute Gasteiger partial charge is 0.218 e. The quantitative estimate of drug-likeness (QED) is 0.715. The van der Waals surface area contributed by atoms with Gasteiger partial charge in [-0.25, -0.2) is 12.7 Å². The molecular weight excluding hydrogens is 200 g/mol. The average Bonchev–Trinajstić information content (AvgIpc) is 2.01. The predicted molar refractivity (Wildman–Crippen MR) is 56.1 cm³/mol. The van der Waals surface area contributed by atoms with Gasteiger partial charge < -0.3 is 0 Å². The Labute approximate surface area is 86.6 Å². The van der Waals surface area contributed by atoms with Gasteiger partial charge in [0.1, 0.15) is 0 Å². The Balaban J connectivity index is 4.73. The maximum Gasteiger partial charge on any atom is 0.218 e. The van der Waals surface area contributed by atoms with E-state index in [-0.39, 0.29) is 12.5 Å². The molecule has 0 saturated heterocycles. The molecular formula is C9H18N2O2S. The molecule has 0 rings (SSSR count). The molecule has 0 aliphatic carbocycles. The van der Waals surface area contributed by atoms with Gasteiger partial charge in [0.2, 0.25) is 10.0 Å². The second kappa shape index (κ2) is 4.28. The molecule has 82 valence electrons. The fraction of sp³-hybridized carbons (Fsp3) is 0.889. The van der Waals surface area contributed by atoms with Crippen LogP contribution in [0.2, 0.25) is 0 Å². The molecule has 0 aliphatic rings. The van der Waals surface area contributed by atoms with Crippen LogP contribution in [0.5, 0.6) is 0 Å². The zero-order chi connectivity index (χ0) is 11.6. The second-order valence-corrected chi connectivity index (χ2v) is 7.23. The molecule has 0 aromatic carbocycles. The molecule has 1 unspecified atom stereocenters. The van der Waals surface area contributed by atoms with Crippen molar-refractivity contribution in [2.75, 3.05) is 13.6 Å². The van der Waals surface area contributed by atoms with Crippen molar-refractivity contribution < 1.29 is 8.42 Å². The summed E-state index contributed by atoms with van der Waals surface area (Å²) in [6.45, 7) is 6.90. The Morgan fingerprint density at radius 1 is 1.43 bits per heavy atom. The number of nitrogens with zero attached hydrogens (tertiary/aromatic N) is 2. The maximum absolute atomic E-state index is 11.8. The molecule has 0 aliphatic heterocycles. The highest BCUT2D eigenvalue weighted by Crippen LogP contribution is 2.19. The van der Waals surface area contributed by atoms with Crippen LogP contribution in [-0.2, 0) is 10.0 Å². The fourth-order valence-electron chi connectivity index (χ4n) is 0.992. The van der Waals surface area contributed by atoms with Crippen LogP contribution in [0, 0.1) is 17.2 Å². The number of rotatable bonds is 3. The van der Waals surface area contributed by atoms with E-state index in [1.165, 1.54) is 11.4 Å². The van der Waals surface area contributed by atoms with Gasteiger partial charge in [0, 0.05) is 13.6 Å². The van der Waals surface area contributed by atoms with E-state index < -0.39 is 14.8 Å². The minimum atomic E-state index is -3.30. The van der Waals surface area contributed by atoms with Gasteiger partial charge in [-0.05, 0) is 27.7 Å². The SMILES string of the molecule is CC(C#N)CN(C)S(=O)(=O)C(C)(C)C. The standard InChI is InChI=1S/C9H18N2O2S/c1-8(6-10)7-11(5)14(12,13)9(2,3)4/h8H,7H2,1-5H3. The first kappa shape index (κ1) is 13.4. The van der Waals surface area contributed by atoms with Crippen LogP contribution < -0.4 is 0 Å². The minimum absolute atomic E-state index is 0.246. The van der Waals surface area contributed by atoms with E-state index in [1.54, 1.807) is 27.7 Å². The lowest BCUT2D eigenvalue weighted by Gasteiger charge is -2.27. The normalized spacial score (nSPS) is 15.2. The third-order valence-corrected chi connectivity index (χ3v) is 4.45. The summed E-state index contributed by atoms with van der Waals surface area (Å²) in [5.41, 5.74) is 0. The smallest absolute Gasteiger partial charge is 0.212 e. The van der Waals surface area contributed by atoms with Crippen LogP contribution in [-0.4, -0.2) is 31.1 Å². The monoisotopic (exact) mass is 218 g/mol.